The standard InChI is InChI=1S/C17H20N2O3S3.C15H18N2O4S3.C10H13NO2S2.C5H2ClNS.CH4/c1-13(20)18-12-15-6-9-17(24-15)23-14-4-7-16(8-5-14)25(21,22)19-10-2-3-11-19;16-11-12-3-8-15(22-12)23(18,19)13-4-6-14(7-5-13)24(20,21)17-9-1-2-10-17;12-15(13,11-7-1-2-8-11)10-5-3-9(14)4-6-10;1-7-5-3-2-4(6)8-5;/h4-9H,2-3,10-12H2,1H3,(H,18,20);3-8H,1-2,9-11,16H2;3-6,14H,1-2,7-8H2;2-3H;1H4. The van der Waals surface area contributed by atoms with Gasteiger partial charge in [0.05, 0.1) is 41.2 Å². The summed E-state index contributed by atoms with van der Waals surface area (Å²) in [6, 6.07) is 29.7. The molecule has 25 heteroatoms. The number of nitrogens with one attached hydrogen (secondary N) is 1. The van der Waals surface area contributed by atoms with Gasteiger partial charge in [-0.15, -0.1) is 46.6 Å². The van der Waals surface area contributed by atoms with Crippen molar-refractivity contribution in [1.82, 2.24) is 18.2 Å². The Labute approximate surface area is 457 Å². The summed E-state index contributed by atoms with van der Waals surface area (Å²) in [4.78, 5) is 18.7. The van der Waals surface area contributed by atoms with Crippen LogP contribution in [0.3, 0.4) is 0 Å². The van der Waals surface area contributed by atoms with E-state index in [2.05, 4.69) is 22.8 Å². The minimum absolute atomic E-state index is 0. The number of thiol groups is 1. The SMILES string of the molecule is C.CC(=O)NCc1ccc(Sc2ccc(S(=O)(=O)N3CCCC3)cc2)s1.NCc1ccc(S(=O)(=O)c2ccc(S(=O)(=O)N3CCCC3)cc2)s1.O=S(=O)(c1ccc(S)cc1)N1CCCC1.[C-]#[N+]c1ccc(Cl)s1. The van der Waals surface area contributed by atoms with Gasteiger partial charge >= 0.3 is 0 Å². The largest absolute Gasteiger partial charge is 0.351 e. The van der Waals surface area contributed by atoms with E-state index in [0.29, 0.717) is 64.9 Å². The molecule has 3 N–H and O–H groups in total. The summed E-state index contributed by atoms with van der Waals surface area (Å²) < 4.78 is 106. The summed E-state index contributed by atoms with van der Waals surface area (Å²) in [6.07, 6.45) is 5.51. The molecule has 15 nitrogen and oxygen atoms in total. The van der Waals surface area contributed by atoms with Crippen LogP contribution in [-0.4, -0.2) is 91.8 Å². The summed E-state index contributed by atoms with van der Waals surface area (Å²) in [6.45, 7) is 12.4. The molecule has 0 bridgehead atoms. The van der Waals surface area contributed by atoms with Gasteiger partial charge in [-0.25, -0.2) is 38.5 Å². The maximum atomic E-state index is 12.6. The number of nitrogens with two attached hydrogens (primary N) is 1. The molecule has 3 saturated heterocycles. The second-order valence-electron chi connectivity index (χ2n) is 16.1. The Balaban J connectivity index is 0.000000191. The maximum Gasteiger partial charge on any atom is 0.243 e. The number of carbonyl (C=O) groups excluding carboxylic acids is 1. The molecule has 0 saturated carbocycles. The number of sulfonamides is 3. The fourth-order valence-electron chi connectivity index (χ4n) is 7.25. The number of rotatable bonds is 13. The number of carbonyl (C=O) groups is 1. The highest BCUT2D eigenvalue weighted by atomic mass is 35.5. The second kappa shape index (κ2) is 27.4. The third-order valence-corrected chi connectivity index (χ3v) is 23.8. The van der Waals surface area contributed by atoms with Crippen LogP contribution in [0.1, 0.15) is 62.6 Å². The van der Waals surface area contributed by atoms with Crippen LogP contribution in [0.2, 0.25) is 4.34 Å². The lowest BCUT2D eigenvalue weighted by atomic mass is 10.4. The molecule has 0 unspecified atom stereocenters. The monoisotopic (exact) mass is 1180 g/mol. The van der Waals surface area contributed by atoms with Gasteiger partial charge in [-0.3, -0.25) is 4.79 Å². The number of nitrogens with zero attached hydrogens (tertiary/aromatic N) is 4. The van der Waals surface area contributed by atoms with Gasteiger partial charge in [-0.05, 0) is 148 Å². The van der Waals surface area contributed by atoms with E-state index in [1.165, 1.54) is 52.9 Å². The van der Waals surface area contributed by atoms with Crippen LogP contribution in [0.4, 0.5) is 5.00 Å². The highest BCUT2D eigenvalue weighted by Crippen LogP contribution is 2.35. The highest BCUT2D eigenvalue weighted by Gasteiger charge is 2.30. The van der Waals surface area contributed by atoms with Gasteiger partial charge in [0.1, 0.15) is 4.21 Å². The molecule has 0 atom stereocenters. The normalized spacial score (nSPS) is 15.4. The highest BCUT2D eigenvalue weighted by molar-refractivity contribution is 8.01. The Kier molecular flexibility index (Phi) is 22.6. The van der Waals surface area contributed by atoms with Crippen LogP contribution in [-0.2, 0) is 57.8 Å². The molecule has 394 valence electrons. The Morgan fingerprint density at radius 2 is 1.07 bits per heavy atom. The topological polar surface area (TPSA) is 206 Å². The van der Waals surface area contributed by atoms with Crippen molar-refractivity contribution in [2.24, 2.45) is 5.73 Å². The van der Waals surface area contributed by atoms with Gasteiger partial charge in [-0.2, -0.15) is 12.9 Å². The Morgan fingerprint density at radius 3 is 1.47 bits per heavy atom. The zero-order chi connectivity index (χ0) is 52.1. The zero-order valence-corrected chi connectivity index (χ0v) is 47.1. The molecular formula is C48H57ClN6O9S9. The summed E-state index contributed by atoms with van der Waals surface area (Å²) in [5.41, 5.74) is 5.52. The molecule has 1 amide bonds. The zero-order valence-electron chi connectivity index (χ0n) is 38.9. The first-order chi connectivity index (χ1) is 34.2. The van der Waals surface area contributed by atoms with Gasteiger partial charge in [0, 0.05) is 72.3 Å². The van der Waals surface area contributed by atoms with Crippen molar-refractivity contribution in [3.05, 3.63) is 135 Å². The minimum Gasteiger partial charge on any atom is -0.351 e. The molecule has 6 aromatic rings. The number of hydrogen-bond acceptors (Lipinski definition) is 15. The van der Waals surface area contributed by atoms with Gasteiger partial charge < -0.3 is 11.1 Å². The van der Waals surface area contributed by atoms with Crippen LogP contribution in [0.5, 0.6) is 0 Å². The van der Waals surface area contributed by atoms with Gasteiger partial charge in [0.15, 0.2) is 0 Å². The second-order valence-corrected chi connectivity index (χ2v) is 30.0. The van der Waals surface area contributed by atoms with Crippen molar-refractivity contribution >= 4 is 121 Å². The third-order valence-electron chi connectivity index (χ3n) is 11.0. The number of halogens is 1. The molecule has 73 heavy (non-hydrogen) atoms. The number of amides is 1. The first kappa shape index (κ1) is 60.2. The van der Waals surface area contributed by atoms with E-state index >= 15 is 0 Å². The summed E-state index contributed by atoms with van der Waals surface area (Å²) in [7, 11) is -13.8. The minimum atomic E-state index is -3.65. The van der Waals surface area contributed by atoms with Crippen molar-refractivity contribution in [1.29, 1.82) is 0 Å². The molecular weight excluding hydrogens is 1130 g/mol. The van der Waals surface area contributed by atoms with E-state index in [0.717, 1.165) is 73.6 Å². The molecule has 3 aliphatic rings. The van der Waals surface area contributed by atoms with Crippen LogP contribution < -0.4 is 11.1 Å². The quantitative estimate of drug-likeness (QED) is 0.0733. The third kappa shape index (κ3) is 16.4. The fraction of sp³-hybridized carbons (Fsp3) is 0.333. The molecule has 3 aromatic carbocycles. The van der Waals surface area contributed by atoms with E-state index in [4.69, 9.17) is 23.9 Å². The van der Waals surface area contributed by atoms with Crippen molar-refractivity contribution in [3.63, 3.8) is 0 Å². The van der Waals surface area contributed by atoms with Crippen LogP contribution in [0.25, 0.3) is 4.85 Å². The van der Waals surface area contributed by atoms with Crippen LogP contribution in [0, 0.1) is 6.57 Å². The Bertz CT molecular complexity index is 3250. The van der Waals surface area contributed by atoms with Gasteiger partial charge in [0.2, 0.25) is 50.8 Å². The molecule has 3 aromatic heterocycles. The molecule has 3 fully saturated rings. The van der Waals surface area contributed by atoms with E-state index < -0.39 is 39.9 Å². The summed E-state index contributed by atoms with van der Waals surface area (Å²) >= 11 is 15.3. The first-order valence-corrected chi connectivity index (χ1v) is 32.3. The first-order valence-electron chi connectivity index (χ1n) is 22.4. The average molecular weight is 1190 g/mol. The number of sulfone groups is 1. The predicted octanol–water partition coefficient (Wildman–Crippen LogP) is 10.5. The lowest BCUT2D eigenvalue weighted by Gasteiger charge is -2.15. The molecule has 6 heterocycles. The lowest BCUT2D eigenvalue weighted by Crippen LogP contribution is -2.27. The molecule has 3 aliphatic heterocycles. The molecule has 9 rings (SSSR count). The van der Waals surface area contributed by atoms with E-state index in [1.54, 1.807) is 86.3 Å². The maximum absolute atomic E-state index is 12.6. The molecule has 0 spiro atoms. The number of benzene rings is 3. The smallest absolute Gasteiger partial charge is 0.243 e. The summed E-state index contributed by atoms with van der Waals surface area (Å²) in [5, 5.41) is 3.43. The van der Waals surface area contributed by atoms with Crippen molar-refractivity contribution < 1.29 is 38.5 Å². The van der Waals surface area contributed by atoms with E-state index in [9.17, 15) is 38.5 Å². The van der Waals surface area contributed by atoms with Gasteiger partial charge in [-0.1, -0.05) is 30.8 Å². The predicted molar refractivity (Wildman–Crippen MR) is 297 cm³/mol. The van der Waals surface area contributed by atoms with Crippen molar-refractivity contribution in [2.75, 3.05) is 39.3 Å². The molecule has 0 aliphatic carbocycles. The Morgan fingerprint density at radius 1 is 0.630 bits per heavy atom. The summed E-state index contributed by atoms with van der Waals surface area (Å²) in [5.74, 6) is -0.0441. The van der Waals surface area contributed by atoms with Crippen molar-refractivity contribution in [2.45, 2.75) is 104 Å². The van der Waals surface area contributed by atoms with Crippen LogP contribution in [0.15, 0.2) is 147 Å². The lowest BCUT2D eigenvalue weighted by molar-refractivity contribution is -0.119. The average Bonchev–Trinajstić information content (AvgIpc) is 4.23. The van der Waals surface area contributed by atoms with Crippen LogP contribution >= 0.6 is 70.0 Å². The Hall–Kier alpha value is -3.65. The number of thiophene rings is 3. The number of hydrogen-bond donors (Lipinski definition) is 3. The van der Waals surface area contributed by atoms with E-state index in [1.807, 2.05) is 24.3 Å². The molecule has 0 radical (unpaired) electrons. The van der Waals surface area contributed by atoms with Gasteiger partial charge in [0.25, 0.3) is 0 Å². The fourth-order valence-corrected chi connectivity index (χ4v) is 17.5. The van der Waals surface area contributed by atoms with Crippen molar-refractivity contribution in [3.8, 4) is 0 Å². The van der Waals surface area contributed by atoms with E-state index in [-0.39, 0.29) is 33.9 Å².